The van der Waals surface area contributed by atoms with Crippen molar-refractivity contribution >= 4 is 5.97 Å². The van der Waals surface area contributed by atoms with Crippen molar-refractivity contribution in [1.82, 2.24) is 4.90 Å². The number of nitrogens with zero attached hydrogens (tertiary/aromatic N) is 1. The van der Waals surface area contributed by atoms with Crippen molar-refractivity contribution in [2.24, 2.45) is 11.8 Å². The Labute approximate surface area is 145 Å². The lowest BCUT2D eigenvalue weighted by atomic mass is 9.81. The number of carbonyl (C=O) groups excluding carboxylic acids is 1. The average molecular weight is 333 g/mol. The Balaban J connectivity index is 1.81. The van der Waals surface area contributed by atoms with Crippen LogP contribution in [0.25, 0.3) is 0 Å². The molecule has 0 aromatic heterocycles. The number of fused-ring (bicyclic) bond motifs is 1. The first-order valence-corrected chi connectivity index (χ1v) is 9.48. The van der Waals surface area contributed by atoms with Gasteiger partial charge in [0.1, 0.15) is 6.10 Å². The van der Waals surface area contributed by atoms with Crippen LogP contribution in [0.15, 0.2) is 23.3 Å². The molecule has 0 aromatic rings. The van der Waals surface area contributed by atoms with Crippen LogP contribution in [0.4, 0.5) is 0 Å². The third-order valence-corrected chi connectivity index (χ3v) is 5.77. The number of aliphatic hydroxyl groups is 1. The molecule has 4 heteroatoms. The smallest absolute Gasteiger partial charge is 0.311 e. The predicted octanol–water partition coefficient (Wildman–Crippen LogP) is 3.07. The minimum absolute atomic E-state index is 0.118. The van der Waals surface area contributed by atoms with Gasteiger partial charge in [-0.3, -0.25) is 4.79 Å². The van der Waals surface area contributed by atoms with Gasteiger partial charge in [0.2, 0.25) is 0 Å². The molecule has 0 radical (unpaired) electrons. The maximum atomic E-state index is 12.5. The molecule has 0 amide bonds. The molecule has 1 aliphatic carbocycles. The number of esters is 1. The monoisotopic (exact) mass is 333 g/mol. The Kier molecular flexibility index (Phi) is 5.77. The fraction of sp³-hybridized carbons (Fsp3) is 0.750. The summed E-state index contributed by atoms with van der Waals surface area (Å²) in [4.78, 5) is 14.9. The summed E-state index contributed by atoms with van der Waals surface area (Å²) in [7, 11) is 0. The van der Waals surface area contributed by atoms with Crippen molar-refractivity contribution in [2.75, 3.05) is 19.6 Å². The van der Waals surface area contributed by atoms with Crippen LogP contribution in [0.2, 0.25) is 0 Å². The molecule has 0 bridgehead atoms. The van der Waals surface area contributed by atoms with E-state index in [1.807, 2.05) is 6.08 Å². The molecule has 4 nitrogen and oxygen atoms in total. The normalized spacial score (nSPS) is 37.9. The first-order chi connectivity index (χ1) is 11.5. The fourth-order valence-corrected chi connectivity index (χ4v) is 4.42. The lowest BCUT2D eigenvalue weighted by Gasteiger charge is -2.31. The van der Waals surface area contributed by atoms with Crippen LogP contribution < -0.4 is 0 Å². The van der Waals surface area contributed by atoms with E-state index in [0.717, 1.165) is 38.9 Å². The van der Waals surface area contributed by atoms with Gasteiger partial charge in [0.05, 0.1) is 12.0 Å². The van der Waals surface area contributed by atoms with Crippen LogP contribution in [0.5, 0.6) is 0 Å². The second-order valence-electron chi connectivity index (χ2n) is 7.82. The second-order valence-corrected chi connectivity index (χ2v) is 7.82. The minimum Gasteiger partial charge on any atom is -0.461 e. The van der Waals surface area contributed by atoms with E-state index in [1.54, 1.807) is 0 Å². The highest BCUT2D eigenvalue weighted by Gasteiger charge is 2.48. The quantitative estimate of drug-likeness (QED) is 0.623. The molecule has 4 atom stereocenters. The molecule has 1 N–H and O–H groups in total. The van der Waals surface area contributed by atoms with Gasteiger partial charge in [0, 0.05) is 18.9 Å². The maximum Gasteiger partial charge on any atom is 0.311 e. The van der Waals surface area contributed by atoms with E-state index < -0.39 is 6.10 Å². The molecular formula is C20H31NO3. The first-order valence-electron chi connectivity index (χ1n) is 9.48. The number of rotatable bonds is 2. The van der Waals surface area contributed by atoms with Gasteiger partial charge in [0.25, 0.3) is 0 Å². The molecule has 2 saturated heterocycles. The second kappa shape index (κ2) is 7.83. The van der Waals surface area contributed by atoms with Crippen molar-refractivity contribution in [2.45, 2.75) is 64.6 Å². The third kappa shape index (κ3) is 4.09. The lowest BCUT2D eigenvalue weighted by Crippen LogP contribution is -2.41. The van der Waals surface area contributed by atoms with Crippen LogP contribution in [-0.4, -0.2) is 47.8 Å². The third-order valence-electron chi connectivity index (χ3n) is 5.77. The highest BCUT2D eigenvalue weighted by atomic mass is 16.6. The number of hydrogen-bond donors (Lipinski definition) is 1. The molecular weight excluding hydrogens is 302 g/mol. The fourth-order valence-electron chi connectivity index (χ4n) is 4.42. The summed E-state index contributed by atoms with van der Waals surface area (Å²) in [5.41, 5.74) is 2.46. The summed E-state index contributed by atoms with van der Waals surface area (Å²) in [5.74, 6) is -0.456. The lowest BCUT2D eigenvalue weighted by molar-refractivity contribution is -0.144. The van der Waals surface area contributed by atoms with E-state index in [4.69, 9.17) is 4.74 Å². The molecule has 0 saturated carbocycles. The topological polar surface area (TPSA) is 49.8 Å². The largest absolute Gasteiger partial charge is 0.461 e. The summed E-state index contributed by atoms with van der Waals surface area (Å²) in [6.07, 6.45) is 9.82. The zero-order chi connectivity index (χ0) is 17.1. The molecule has 2 heterocycles. The van der Waals surface area contributed by atoms with Gasteiger partial charge in [-0.2, -0.15) is 0 Å². The van der Waals surface area contributed by atoms with E-state index in [-0.39, 0.29) is 23.9 Å². The molecule has 24 heavy (non-hydrogen) atoms. The van der Waals surface area contributed by atoms with Crippen molar-refractivity contribution < 1.29 is 14.6 Å². The van der Waals surface area contributed by atoms with Crippen molar-refractivity contribution in [3.05, 3.63) is 23.3 Å². The Morgan fingerprint density at radius 2 is 1.96 bits per heavy atom. The number of allylic oxidation sites excluding steroid dienone is 2. The molecule has 0 aromatic carbocycles. The zero-order valence-corrected chi connectivity index (χ0v) is 15.0. The summed E-state index contributed by atoms with van der Waals surface area (Å²) in [6, 6.07) is 0. The van der Waals surface area contributed by atoms with Crippen LogP contribution in [0.3, 0.4) is 0 Å². The summed E-state index contributed by atoms with van der Waals surface area (Å²) >= 11 is 0. The molecule has 2 aliphatic heterocycles. The highest BCUT2D eigenvalue weighted by molar-refractivity contribution is 5.76. The van der Waals surface area contributed by atoms with Gasteiger partial charge < -0.3 is 14.7 Å². The van der Waals surface area contributed by atoms with Gasteiger partial charge in [-0.05, 0) is 52.6 Å². The van der Waals surface area contributed by atoms with Crippen LogP contribution in [0.1, 0.15) is 52.4 Å². The standard InChI is InChI=1S/C20H31NO3/c1-14-7-6-8-15(2)12-18-19(17(22)11-14)16(20(23)24-18)13-21-9-4-3-5-10-21/h8,11,16-19,22H,3-7,9-10,12-13H2,1-2H3/b14-11?,15-8+/t16-,17+,18-,19-/m0/s1. The maximum absolute atomic E-state index is 12.5. The average Bonchev–Trinajstić information content (AvgIpc) is 2.83. The van der Waals surface area contributed by atoms with Crippen molar-refractivity contribution in [3.8, 4) is 0 Å². The Hall–Kier alpha value is -1.13. The van der Waals surface area contributed by atoms with Crippen LogP contribution in [0, 0.1) is 11.8 Å². The van der Waals surface area contributed by atoms with E-state index in [2.05, 4.69) is 24.8 Å². The van der Waals surface area contributed by atoms with Crippen LogP contribution in [-0.2, 0) is 9.53 Å². The zero-order valence-electron chi connectivity index (χ0n) is 15.0. The Morgan fingerprint density at radius 3 is 2.71 bits per heavy atom. The predicted molar refractivity (Wildman–Crippen MR) is 94.5 cm³/mol. The highest BCUT2D eigenvalue weighted by Crippen LogP contribution is 2.37. The Morgan fingerprint density at radius 1 is 1.21 bits per heavy atom. The number of piperidine rings is 1. The van der Waals surface area contributed by atoms with Gasteiger partial charge in [-0.1, -0.05) is 29.7 Å². The van der Waals surface area contributed by atoms with E-state index >= 15 is 0 Å². The number of likely N-dealkylation sites (tertiary alicyclic amines) is 1. The summed E-state index contributed by atoms with van der Waals surface area (Å²) in [5, 5.41) is 10.8. The van der Waals surface area contributed by atoms with Gasteiger partial charge in [0.15, 0.2) is 0 Å². The molecule has 2 fully saturated rings. The molecule has 134 valence electrons. The van der Waals surface area contributed by atoms with Crippen molar-refractivity contribution in [3.63, 3.8) is 0 Å². The number of carbonyl (C=O) groups is 1. The molecule has 3 aliphatic rings. The van der Waals surface area contributed by atoms with Gasteiger partial charge >= 0.3 is 5.97 Å². The van der Waals surface area contributed by atoms with Crippen LogP contribution >= 0.6 is 0 Å². The van der Waals surface area contributed by atoms with E-state index in [0.29, 0.717) is 0 Å². The number of hydrogen-bond acceptors (Lipinski definition) is 4. The Bertz CT molecular complexity index is 519. The molecule has 0 unspecified atom stereocenters. The SMILES string of the molecule is CC1=C[C@@H](O)[C@H]2[C@H](C/C(C)=C/CC1)OC(=O)[C@H]2CN1CCCCC1. The van der Waals surface area contributed by atoms with Gasteiger partial charge in [-0.15, -0.1) is 0 Å². The number of ether oxygens (including phenoxy) is 1. The summed E-state index contributed by atoms with van der Waals surface area (Å²) in [6.45, 7) is 7.03. The van der Waals surface area contributed by atoms with Crippen molar-refractivity contribution in [1.29, 1.82) is 0 Å². The minimum atomic E-state index is -0.595. The molecule has 0 spiro atoms. The summed E-state index contributed by atoms with van der Waals surface area (Å²) < 4.78 is 5.73. The molecule has 3 rings (SSSR count). The number of aliphatic hydroxyl groups excluding tert-OH is 1. The van der Waals surface area contributed by atoms with Gasteiger partial charge in [-0.25, -0.2) is 0 Å². The van der Waals surface area contributed by atoms with E-state index in [9.17, 15) is 9.90 Å². The first kappa shape index (κ1) is 17.7. The van der Waals surface area contributed by atoms with E-state index in [1.165, 1.54) is 30.4 Å².